The third-order valence-corrected chi connectivity index (χ3v) is 4.67. The molecule has 3 rings (SSSR count). The van der Waals surface area contributed by atoms with Crippen LogP contribution in [0.15, 0.2) is 70.0 Å². The van der Waals surface area contributed by atoms with E-state index in [2.05, 4.69) is 4.99 Å². The van der Waals surface area contributed by atoms with Crippen LogP contribution in [0.1, 0.15) is 11.1 Å². The normalized spacial score (nSPS) is 15.5. The van der Waals surface area contributed by atoms with Crippen LogP contribution >= 0.6 is 0 Å². The van der Waals surface area contributed by atoms with E-state index in [-0.39, 0.29) is 10.6 Å². The van der Waals surface area contributed by atoms with Crippen LogP contribution in [0.5, 0.6) is 0 Å². The zero-order valence-electron chi connectivity index (χ0n) is 11.2. The van der Waals surface area contributed by atoms with E-state index in [0.29, 0.717) is 16.8 Å². The molecule has 0 atom stereocenters. The molecule has 1 aliphatic rings. The number of nitro benzene ring substituents is 1. The second-order valence-electron chi connectivity index (χ2n) is 4.61. The predicted molar refractivity (Wildman–Crippen MR) is 81.5 cm³/mol. The van der Waals surface area contributed by atoms with Crippen LogP contribution < -0.4 is 0 Å². The molecule has 0 spiro atoms. The molecule has 0 fully saturated rings. The van der Waals surface area contributed by atoms with Crippen molar-refractivity contribution in [3.8, 4) is 0 Å². The summed E-state index contributed by atoms with van der Waals surface area (Å²) in [6, 6.07) is 12.4. The van der Waals surface area contributed by atoms with Crippen molar-refractivity contribution < 1.29 is 13.3 Å². The number of nitro groups is 1. The Labute approximate surface area is 126 Å². The van der Waals surface area contributed by atoms with E-state index in [1.165, 1.54) is 24.4 Å². The lowest BCUT2D eigenvalue weighted by Gasteiger charge is -2.09. The molecular formula is C15H10N2O4S. The summed E-state index contributed by atoms with van der Waals surface area (Å²) >= 11 is 0. The maximum atomic E-state index is 12.2. The Hall–Kier alpha value is -2.80. The van der Waals surface area contributed by atoms with Gasteiger partial charge in [0.2, 0.25) is 9.84 Å². The second-order valence-corrected chi connectivity index (χ2v) is 6.41. The maximum absolute atomic E-state index is 12.2. The van der Waals surface area contributed by atoms with Crippen LogP contribution in [0.25, 0.3) is 0 Å². The quantitative estimate of drug-likeness (QED) is 0.629. The molecule has 0 saturated carbocycles. The molecule has 0 N–H and O–H groups in total. The average molecular weight is 314 g/mol. The van der Waals surface area contributed by atoms with E-state index < -0.39 is 14.8 Å². The van der Waals surface area contributed by atoms with E-state index in [0.717, 1.165) is 5.41 Å². The first-order valence-electron chi connectivity index (χ1n) is 6.33. The van der Waals surface area contributed by atoms with Gasteiger partial charge in [-0.15, -0.1) is 0 Å². The zero-order chi connectivity index (χ0) is 15.7. The maximum Gasteiger partial charge on any atom is 0.270 e. The van der Waals surface area contributed by atoms with Crippen LogP contribution in [0, 0.1) is 10.1 Å². The topological polar surface area (TPSA) is 89.6 Å². The highest BCUT2D eigenvalue weighted by atomic mass is 32.2. The Morgan fingerprint density at radius 2 is 1.82 bits per heavy atom. The van der Waals surface area contributed by atoms with Crippen molar-refractivity contribution in [2.75, 3.05) is 0 Å². The fraction of sp³-hybridized carbons (Fsp3) is 0. The predicted octanol–water partition coefficient (Wildman–Crippen LogP) is 2.69. The Kier molecular flexibility index (Phi) is 3.34. The Morgan fingerprint density at radius 3 is 2.59 bits per heavy atom. The van der Waals surface area contributed by atoms with E-state index in [9.17, 15) is 18.5 Å². The van der Waals surface area contributed by atoms with E-state index in [1.807, 2.05) is 0 Å². The third kappa shape index (κ3) is 2.42. The van der Waals surface area contributed by atoms with Crippen molar-refractivity contribution in [2.45, 2.75) is 4.90 Å². The summed E-state index contributed by atoms with van der Waals surface area (Å²) in [5.41, 5.74) is 1.22. The molecule has 6 nitrogen and oxygen atoms in total. The van der Waals surface area contributed by atoms with Crippen LogP contribution in [0.4, 0.5) is 5.69 Å². The van der Waals surface area contributed by atoms with E-state index in [1.54, 1.807) is 30.3 Å². The monoisotopic (exact) mass is 314 g/mol. The highest BCUT2D eigenvalue weighted by molar-refractivity contribution is 7.94. The van der Waals surface area contributed by atoms with Gasteiger partial charge in [-0.25, -0.2) is 8.42 Å². The van der Waals surface area contributed by atoms with Gasteiger partial charge < -0.3 is 0 Å². The largest absolute Gasteiger partial charge is 0.270 e. The van der Waals surface area contributed by atoms with Crippen molar-refractivity contribution in [1.82, 2.24) is 0 Å². The minimum atomic E-state index is -3.57. The third-order valence-electron chi connectivity index (χ3n) is 3.22. The van der Waals surface area contributed by atoms with Crippen LogP contribution in [0.3, 0.4) is 0 Å². The lowest BCUT2D eigenvalue weighted by molar-refractivity contribution is -0.384. The number of benzene rings is 2. The Morgan fingerprint density at radius 1 is 1.05 bits per heavy atom. The molecule has 1 heterocycles. The van der Waals surface area contributed by atoms with Gasteiger partial charge in [0.25, 0.3) is 5.69 Å². The van der Waals surface area contributed by atoms with Gasteiger partial charge in [0.05, 0.1) is 20.9 Å². The van der Waals surface area contributed by atoms with Gasteiger partial charge >= 0.3 is 0 Å². The number of hydrogen-bond acceptors (Lipinski definition) is 5. The van der Waals surface area contributed by atoms with Crippen molar-refractivity contribution in [1.29, 1.82) is 0 Å². The summed E-state index contributed by atoms with van der Waals surface area (Å²) in [4.78, 5) is 14.7. The molecule has 22 heavy (non-hydrogen) atoms. The molecule has 0 aliphatic carbocycles. The van der Waals surface area contributed by atoms with Gasteiger partial charge in [-0.1, -0.05) is 30.3 Å². The van der Waals surface area contributed by atoms with Gasteiger partial charge in [-0.3, -0.25) is 15.1 Å². The highest BCUT2D eigenvalue weighted by Crippen LogP contribution is 2.25. The van der Waals surface area contributed by atoms with Gasteiger partial charge in [-0.05, 0) is 6.07 Å². The number of fused-ring (bicyclic) bond motifs is 1. The van der Waals surface area contributed by atoms with Crippen LogP contribution in [-0.4, -0.2) is 19.1 Å². The molecule has 1 aliphatic heterocycles. The summed E-state index contributed by atoms with van der Waals surface area (Å²) in [6.45, 7) is 0. The molecule has 0 radical (unpaired) electrons. The molecule has 110 valence electrons. The minimum Gasteiger partial charge on any atom is -0.258 e. The molecule has 2 aromatic rings. The van der Waals surface area contributed by atoms with Crippen LogP contribution in [-0.2, 0) is 9.84 Å². The van der Waals surface area contributed by atoms with Gasteiger partial charge in [-0.2, -0.15) is 0 Å². The first-order valence-corrected chi connectivity index (χ1v) is 7.87. The SMILES string of the molecule is O=[N+]([O-])c1cccc(C2=NC=CS(=O)(=O)c3ccccc32)c1. The summed E-state index contributed by atoms with van der Waals surface area (Å²) in [6.07, 6.45) is 1.20. The number of aliphatic imine (C=N–C) groups is 1. The number of sulfone groups is 1. The lowest BCUT2D eigenvalue weighted by atomic mass is 10.0. The molecule has 2 aromatic carbocycles. The molecule has 7 heteroatoms. The smallest absolute Gasteiger partial charge is 0.258 e. The zero-order valence-corrected chi connectivity index (χ0v) is 12.0. The van der Waals surface area contributed by atoms with Gasteiger partial charge in [0, 0.05) is 29.5 Å². The summed E-state index contributed by atoms with van der Waals surface area (Å²) in [7, 11) is -3.57. The van der Waals surface area contributed by atoms with E-state index in [4.69, 9.17) is 0 Å². The minimum absolute atomic E-state index is 0.0752. The molecule has 0 amide bonds. The summed E-state index contributed by atoms with van der Waals surface area (Å²) < 4.78 is 24.4. The molecule has 0 unspecified atom stereocenters. The highest BCUT2D eigenvalue weighted by Gasteiger charge is 2.22. The molecule has 0 saturated heterocycles. The first kappa shape index (κ1) is 14.2. The van der Waals surface area contributed by atoms with Crippen molar-refractivity contribution >= 4 is 21.2 Å². The number of rotatable bonds is 2. The summed E-state index contributed by atoms with van der Waals surface area (Å²) in [5.74, 6) is 0. The second kappa shape index (κ2) is 5.19. The van der Waals surface area contributed by atoms with E-state index >= 15 is 0 Å². The lowest BCUT2D eigenvalue weighted by Crippen LogP contribution is -2.08. The molecule has 0 aromatic heterocycles. The average Bonchev–Trinajstić information content (AvgIpc) is 2.64. The fourth-order valence-electron chi connectivity index (χ4n) is 2.24. The molecule has 0 bridgehead atoms. The van der Waals surface area contributed by atoms with Gasteiger partial charge in [0.15, 0.2) is 0 Å². The van der Waals surface area contributed by atoms with Crippen molar-refractivity contribution in [2.24, 2.45) is 4.99 Å². The van der Waals surface area contributed by atoms with Crippen molar-refractivity contribution in [3.05, 3.63) is 81.4 Å². The molecular weight excluding hydrogens is 304 g/mol. The standard InChI is InChI=1S/C15H10N2O4S/c18-17(19)12-5-3-4-11(10-12)15-13-6-1-2-7-14(13)22(20,21)9-8-16-15/h1-10H. The van der Waals surface area contributed by atoms with Gasteiger partial charge in [0.1, 0.15) is 0 Å². The number of non-ortho nitro benzene ring substituents is 1. The Bertz CT molecular complexity index is 930. The van der Waals surface area contributed by atoms with Crippen molar-refractivity contribution in [3.63, 3.8) is 0 Å². The fourth-order valence-corrected chi connectivity index (χ4v) is 3.34. The Balaban J connectivity index is 2.24. The number of nitrogens with zero attached hydrogens (tertiary/aromatic N) is 2. The summed E-state index contributed by atoms with van der Waals surface area (Å²) in [5, 5.41) is 11.9. The first-order chi connectivity index (χ1) is 10.5. The number of hydrogen-bond donors (Lipinski definition) is 0. The van der Waals surface area contributed by atoms with Crippen LogP contribution in [0.2, 0.25) is 0 Å².